The van der Waals surface area contributed by atoms with Gasteiger partial charge >= 0.3 is 0 Å². The Morgan fingerprint density at radius 1 is 1.57 bits per heavy atom. The molecule has 0 spiro atoms. The lowest BCUT2D eigenvalue weighted by Gasteiger charge is -2.12. The van der Waals surface area contributed by atoms with Gasteiger partial charge in [-0.1, -0.05) is 13.5 Å². The number of aliphatic imine (C=N–C) groups is 1. The van der Waals surface area contributed by atoms with Gasteiger partial charge in [0.2, 0.25) is 0 Å². The maximum atomic E-state index is 7.13. The van der Waals surface area contributed by atoms with Gasteiger partial charge in [-0.05, 0) is 30.6 Å². The minimum absolute atomic E-state index is 0.174. The maximum absolute atomic E-state index is 7.13. The lowest BCUT2D eigenvalue weighted by molar-refractivity contribution is 0.928. The van der Waals surface area contributed by atoms with Crippen LogP contribution in [-0.2, 0) is 0 Å². The summed E-state index contributed by atoms with van der Waals surface area (Å²) >= 11 is 0. The number of nitrogens with one attached hydrogen (secondary N) is 1. The van der Waals surface area contributed by atoms with Crippen molar-refractivity contribution < 1.29 is 0 Å². The minimum atomic E-state index is 0.174. The van der Waals surface area contributed by atoms with Crippen LogP contribution in [0, 0.1) is 11.3 Å². The van der Waals surface area contributed by atoms with Crippen LogP contribution in [0.5, 0.6) is 0 Å². The zero-order valence-electron chi connectivity index (χ0n) is 9.17. The van der Waals surface area contributed by atoms with E-state index in [9.17, 15) is 0 Å². The summed E-state index contributed by atoms with van der Waals surface area (Å²) in [4.78, 5) is 3.97. The van der Waals surface area contributed by atoms with Gasteiger partial charge in [-0.25, -0.2) is 0 Å². The maximum Gasteiger partial charge on any atom is 0.0855 e. The highest BCUT2D eigenvalue weighted by Gasteiger charge is 2.06. The van der Waals surface area contributed by atoms with Gasteiger partial charge in [-0.3, -0.25) is 4.99 Å². The molecule has 0 saturated carbocycles. The van der Waals surface area contributed by atoms with Gasteiger partial charge in [0, 0.05) is 18.3 Å². The van der Waals surface area contributed by atoms with E-state index in [0.29, 0.717) is 6.67 Å². The molecule has 78 valence electrons. The smallest absolute Gasteiger partial charge is 0.0855 e. The molecule has 0 radical (unpaired) electrons. The van der Waals surface area contributed by atoms with E-state index in [4.69, 9.17) is 11.1 Å². The number of nitrogens with zero attached hydrogens (tertiary/aromatic N) is 1. The molecule has 1 atom stereocenters. The third-order valence-electron chi connectivity index (χ3n) is 2.27. The lowest BCUT2D eigenvalue weighted by Crippen LogP contribution is -2.05. The Hall–Kier alpha value is -1.22. The summed E-state index contributed by atoms with van der Waals surface area (Å²) in [5.41, 5.74) is 8.24. The van der Waals surface area contributed by atoms with E-state index < -0.39 is 0 Å². The fourth-order valence-electron chi connectivity index (χ4n) is 1.01. The third kappa shape index (κ3) is 3.66. The minimum Gasteiger partial charge on any atom is -0.312 e. The standard InChI is InChI=1S/C11H19N3/c1-8(5-12)10(3)11(4)9(2)6-14-7-13/h5-6,9,12H,4,7,13H2,1-3H3/b10-8-,12-5?,14-6?/t9-/m0/s1. The number of hydrogen-bond donors (Lipinski definition) is 2. The van der Waals surface area contributed by atoms with E-state index in [1.54, 1.807) is 6.21 Å². The highest BCUT2D eigenvalue weighted by atomic mass is 14.8. The zero-order valence-corrected chi connectivity index (χ0v) is 9.17. The molecule has 0 heterocycles. The van der Waals surface area contributed by atoms with Crippen molar-refractivity contribution in [1.29, 1.82) is 5.41 Å². The first-order valence-electron chi connectivity index (χ1n) is 4.61. The van der Waals surface area contributed by atoms with Crippen LogP contribution in [0.4, 0.5) is 0 Å². The summed E-state index contributed by atoms with van der Waals surface area (Å²) in [5, 5.41) is 7.13. The first-order valence-corrected chi connectivity index (χ1v) is 4.61. The SMILES string of the molecule is C=C(/C(C)=C(/C)C=N)[C@@H](C)C=NCN. The molecule has 3 N–H and O–H groups in total. The van der Waals surface area contributed by atoms with Crippen molar-refractivity contribution in [3.63, 3.8) is 0 Å². The van der Waals surface area contributed by atoms with Crippen molar-refractivity contribution >= 4 is 12.4 Å². The zero-order chi connectivity index (χ0) is 11.1. The van der Waals surface area contributed by atoms with Crippen molar-refractivity contribution in [1.82, 2.24) is 0 Å². The molecule has 0 aliphatic carbocycles. The molecule has 0 fully saturated rings. The second-order valence-electron chi connectivity index (χ2n) is 3.28. The highest BCUT2D eigenvalue weighted by Crippen LogP contribution is 2.18. The van der Waals surface area contributed by atoms with Crippen molar-refractivity contribution in [3.8, 4) is 0 Å². The first kappa shape index (κ1) is 12.8. The molecular weight excluding hydrogens is 174 g/mol. The summed E-state index contributed by atoms with van der Waals surface area (Å²) < 4.78 is 0. The van der Waals surface area contributed by atoms with E-state index in [0.717, 1.165) is 16.7 Å². The molecule has 0 aromatic rings. The van der Waals surface area contributed by atoms with Crippen molar-refractivity contribution in [2.24, 2.45) is 16.6 Å². The predicted octanol–water partition coefficient (Wildman–Crippen LogP) is 2.15. The van der Waals surface area contributed by atoms with Crippen LogP contribution in [0.3, 0.4) is 0 Å². The van der Waals surface area contributed by atoms with Crippen LogP contribution >= 0.6 is 0 Å². The summed E-state index contributed by atoms with van der Waals surface area (Å²) in [7, 11) is 0. The second kappa shape index (κ2) is 6.27. The number of nitrogens with two attached hydrogens (primary N) is 1. The first-order chi connectivity index (χ1) is 6.54. The Bertz CT molecular complexity index is 274. The average molecular weight is 193 g/mol. The Labute approximate surface area is 85.9 Å². The van der Waals surface area contributed by atoms with Gasteiger partial charge in [0.1, 0.15) is 0 Å². The fourth-order valence-corrected chi connectivity index (χ4v) is 1.01. The number of hydrogen-bond acceptors (Lipinski definition) is 3. The van der Waals surface area contributed by atoms with Crippen LogP contribution in [-0.4, -0.2) is 19.1 Å². The van der Waals surface area contributed by atoms with Crippen LogP contribution < -0.4 is 5.73 Å². The number of allylic oxidation sites excluding steroid dienone is 3. The van der Waals surface area contributed by atoms with Gasteiger partial charge in [-0.2, -0.15) is 0 Å². The molecular formula is C11H19N3. The molecule has 0 aromatic heterocycles. The molecule has 0 aliphatic rings. The van der Waals surface area contributed by atoms with E-state index in [-0.39, 0.29) is 5.92 Å². The molecule has 3 heteroatoms. The molecule has 0 amide bonds. The molecule has 0 aromatic carbocycles. The topological polar surface area (TPSA) is 62.2 Å². The quantitative estimate of drug-likeness (QED) is 0.510. The highest BCUT2D eigenvalue weighted by molar-refractivity contribution is 5.78. The Morgan fingerprint density at radius 2 is 2.14 bits per heavy atom. The molecule has 0 aliphatic heterocycles. The third-order valence-corrected chi connectivity index (χ3v) is 2.27. The summed E-state index contributed by atoms with van der Waals surface area (Å²) in [5.74, 6) is 0.174. The number of rotatable bonds is 5. The summed E-state index contributed by atoms with van der Waals surface area (Å²) in [6.45, 7) is 10.2. The fraction of sp³-hybridized carbons (Fsp3) is 0.455. The average Bonchev–Trinajstić information content (AvgIpc) is 2.22. The van der Waals surface area contributed by atoms with Gasteiger partial charge in [0.15, 0.2) is 0 Å². The molecule has 3 nitrogen and oxygen atoms in total. The molecule has 0 unspecified atom stereocenters. The predicted molar refractivity (Wildman–Crippen MR) is 63.0 cm³/mol. The normalized spacial score (nSPS) is 15.1. The molecule has 0 bridgehead atoms. The molecule has 0 saturated heterocycles. The Kier molecular flexibility index (Phi) is 5.72. The van der Waals surface area contributed by atoms with Gasteiger partial charge < -0.3 is 11.1 Å². The van der Waals surface area contributed by atoms with Crippen molar-refractivity contribution in [2.75, 3.05) is 6.67 Å². The van der Waals surface area contributed by atoms with E-state index in [1.165, 1.54) is 6.21 Å². The monoisotopic (exact) mass is 193 g/mol. The van der Waals surface area contributed by atoms with Gasteiger partial charge in [-0.15, -0.1) is 0 Å². The summed E-state index contributed by atoms with van der Waals surface area (Å²) in [6, 6.07) is 0. The van der Waals surface area contributed by atoms with Gasteiger partial charge in [0.05, 0.1) is 6.67 Å². The van der Waals surface area contributed by atoms with Crippen LogP contribution in [0.15, 0.2) is 28.3 Å². The van der Waals surface area contributed by atoms with Crippen LogP contribution in [0.25, 0.3) is 0 Å². The van der Waals surface area contributed by atoms with E-state index in [1.807, 2.05) is 20.8 Å². The van der Waals surface area contributed by atoms with E-state index >= 15 is 0 Å². The van der Waals surface area contributed by atoms with Gasteiger partial charge in [0.25, 0.3) is 0 Å². The summed E-state index contributed by atoms with van der Waals surface area (Å²) in [6.07, 6.45) is 3.14. The van der Waals surface area contributed by atoms with Crippen LogP contribution in [0.1, 0.15) is 20.8 Å². The Morgan fingerprint density at radius 3 is 2.57 bits per heavy atom. The Balaban J connectivity index is 4.63. The largest absolute Gasteiger partial charge is 0.312 e. The van der Waals surface area contributed by atoms with Crippen molar-refractivity contribution in [2.45, 2.75) is 20.8 Å². The molecule has 14 heavy (non-hydrogen) atoms. The molecule has 0 rings (SSSR count). The van der Waals surface area contributed by atoms with Crippen molar-refractivity contribution in [3.05, 3.63) is 23.3 Å². The second-order valence-corrected chi connectivity index (χ2v) is 3.28. The van der Waals surface area contributed by atoms with E-state index in [2.05, 4.69) is 11.6 Å². The lowest BCUT2D eigenvalue weighted by atomic mass is 9.94. The van der Waals surface area contributed by atoms with Crippen LogP contribution in [0.2, 0.25) is 0 Å².